The molecule has 0 radical (unpaired) electrons. The van der Waals surface area contributed by atoms with E-state index in [4.69, 9.17) is 18.6 Å². The topological polar surface area (TPSA) is 0 Å². The Bertz CT molecular complexity index is 819. The van der Waals surface area contributed by atoms with Gasteiger partial charge in [-0.25, -0.2) is 0 Å². The van der Waals surface area contributed by atoms with Gasteiger partial charge in [-0.2, -0.15) is 54.9 Å². The summed E-state index contributed by atoms with van der Waals surface area (Å²) in [5, 5.41) is 3.33. The summed E-state index contributed by atoms with van der Waals surface area (Å²) in [7, 11) is 7.18. The van der Waals surface area contributed by atoms with Gasteiger partial charge in [0.05, 0.1) is 16.1 Å². The molecule has 0 unspecified atom stereocenters. The van der Waals surface area contributed by atoms with Gasteiger partial charge in [0.15, 0.2) is 0 Å². The molecule has 5 heteroatoms. The van der Waals surface area contributed by atoms with Crippen molar-refractivity contribution >= 4 is 45.1 Å². The number of halogens is 2. The fourth-order valence-corrected chi connectivity index (χ4v) is 12.1. The van der Waals surface area contributed by atoms with Gasteiger partial charge in [-0.3, -0.25) is 0 Å². The second-order valence-electron chi connectivity index (χ2n) is 10.6. The molecule has 0 amide bonds. The molecule has 33 heavy (non-hydrogen) atoms. The van der Waals surface area contributed by atoms with Crippen molar-refractivity contribution in [2.75, 3.05) is 0 Å². The number of rotatable bonds is 6. The molecule has 0 N–H and O–H groups in total. The van der Waals surface area contributed by atoms with Crippen LogP contribution in [0.2, 0.25) is 38.3 Å². The minimum atomic E-state index is -1.30. The fraction of sp³-hybridized carbons (Fsp3) is 0.500. The summed E-state index contributed by atoms with van der Waals surface area (Å²) in [4.78, 5) is 0. The molecular formula is C28H46Cl2Si2Ti-2. The first kappa shape index (κ1) is 32.9. The predicted octanol–water partition coefficient (Wildman–Crippen LogP) is 8.86. The molecule has 0 saturated carbocycles. The summed E-state index contributed by atoms with van der Waals surface area (Å²) in [6, 6.07) is 2.36. The molecule has 0 bridgehead atoms. The van der Waals surface area contributed by atoms with E-state index in [9.17, 15) is 0 Å². The second-order valence-corrected chi connectivity index (χ2v) is 22.5. The Morgan fingerprint density at radius 3 is 1.06 bits per heavy atom. The summed E-state index contributed by atoms with van der Waals surface area (Å²) in [6.45, 7) is 35.7. The molecular weight excluding hydrogens is 511 g/mol. The summed E-state index contributed by atoms with van der Waals surface area (Å²) < 4.78 is 0. The average Bonchev–Trinajstić information content (AvgIpc) is 3.02. The van der Waals surface area contributed by atoms with Crippen LogP contribution in [-0.2, 0) is 17.0 Å². The third-order valence-electron chi connectivity index (χ3n) is 7.54. The van der Waals surface area contributed by atoms with Crippen LogP contribution in [0.25, 0.3) is 0 Å². The van der Waals surface area contributed by atoms with Gasteiger partial charge in [0.2, 0.25) is 0 Å². The van der Waals surface area contributed by atoms with Crippen LogP contribution in [0.3, 0.4) is 0 Å². The van der Waals surface area contributed by atoms with Gasteiger partial charge >= 0.3 is 35.6 Å². The summed E-state index contributed by atoms with van der Waals surface area (Å²) >= 11 is -0.556. The number of allylic oxidation sites excluding steroid dienone is 2. The molecule has 0 heterocycles. The zero-order valence-electron chi connectivity index (χ0n) is 23.2. The Morgan fingerprint density at radius 2 is 0.909 bits per heavy atom. The van der Waals surface area contributed by atoms with Gasteiger partial charge in [0, 0.05) is 0 Å². The zero-order chi connectivity index (χ0) is 26.3. The van der Waals surface area contributed by atoms with Crippen molar-refractivity contribution < 1.29 is 17.0 Å². The molecule has 0 aliphatic heterocycles. The molecule has 2 rings (SSSR count). The van der Waals surface area contributed by atoms with Gasteiger partial charge in [-0.05, 0) is 12.1 Å². The maximum atomic E-state index is 4.89. The molecule has 0 aromatic heterocycles. The third kappa shape index (κ3) is 7.95. The molecule has 186 valence electrons. The first-order valence-corrected chi connectivity index (χ1v) is 22.4. The van der Waals surface area contributed by atoms with Crippen LogP contribution in [0.15, 0.2) is 25.3 Å². The minimum absolute atomic E-state index is 0.556. The number of hydrogen-bond acceptors (Lipinski definition) is 0. The standard InChI is InChI=1S/2C14H23Si.2ClH.Ti/c2*1-8-9-15(6,7)14-12(4)10(2)11(3)13(14)5;;;/h2*8H,1,9H2,2-7H3;2*1H;/q2*-1;;;+2/p-2. The Hall–Kier alpha value is -0.0919. The Morgan fingerprint density at radius 1 is 0.667 bits per heavy atom. The van der Waals surface area contributed by atoms with Crippen LogP contribution < -0.4 is 10.4 Å². The fourth-order valence-electron chi connectivity index (χ4n) is 5.39. The molecule has 0 nitrogen and oxygen atoms in total. The summed E-state index contributed by atoms with van der Waals surface area (Å²) in [5.74, 6) is 0. The van der Waals surface area contributed by atoms with E-state index >= 15 is 0 Å². The molecule has 0 saturated heterocycles. The Labute approximate surface area is 224 Å². The molecule has 0 aliphatic rings. The molecule has 0 spiro atoms. The van der Waals surface area contributed by atoms with Gasteiger partial charge in [0.25, 0.3) is 0 Å². The average molecular weight is 558 g/mol. The molecule has 2 aromatic rings. The Kier molecular flexibility index (Phi) is 13.8. The van der Waals surface area contributed by atoms with Crippen molar-refractivity contribution in [2.24, 2.45) is 0 Å². The third-order valence-corrected chi connectivity index (χ3v) is 14.4. The predicted molar refractivity (Wildman–Crippen MR) is 158 cm³/mol. The Balaban J connectivity index is 0.000000555. The van der Waals surface area contributed by atoms with E-state index in [-0.39, 0.29) is 0 Å². The van der Waals surface area contributed by atoms with Crippen LogP contribution in [0.4, 0.5) is 0 Å². The second kappa shape index (κ2) is 13.9. The van der Waals surface area contributed by atoms with Crippen LogP contribution >= 0.6 is 18.6 Å². The van der Waals surface area contributed by atoms with Gasteiger partial charge in [-0.15, -0.1) is 13.2 Å². The molecule has 0 aliphatic carbocycles. The van der Waals surface area contributed by atoms with Crippen molar-refractivity contribution in [3.05, 3.63) is 69.8 Å². The first-order chi connectivity index (χ1) is 15.1. The first-order valence-electron chi connectivity index (χ1n) is 11.7. The molecule has 2 aromatic carbocycles. The SMILES string of the molecule is C=CC[Si](C)(C)c1c(C)c(C)c(C)[c-]1C.C=CC[Si](C)(C)c1c(C)c(C)c(C)[c-]1C.[Cl][Ti][Cl]. The van der Waals surface area contributed by atoms with Crippen LogP contribution in [0, 0.1) is 55.4 Å². The van der Waals surface area contributed by atoms with E-state index < -0.39 is 33.2 Å². The van der Waals surface area contributed by atoms with Crippen molar-refractivity contribution in [1.29, 1.82) is 0 Å². The van der Waals surface area contributed by atoms with Gasteiger partial charge in [-0.1, -0.05) is 93.7 Å². The molecule has 0 atom stereocenters. The van der Waals surface area contributed by atoms with E-state index in [1.165, 1.54) is 56.6 Å². The summed E-state index contributed by atoms with van der Waals surface area (Å²) in [5.41, 5.74) is 12.1. The molecule has 0 fully saturated rings. The normalized spacial score (nSPS) is 11.2. The van der Waals surface area contributed by atoms with Crippen molar-refractivity contribution in [3.8, 4) is 0 Å². The van der Waals surface area contributed by atoms with Crippen molar-refractivity contribution in [3.63, 3.8) is 0 Å². The van der Waals surface area contributed by atoms with Gasteiger partial charge in [0.1, 0.15) is 0 Å². The van der Waals surface area contributed by atoms with E-state index in [2.05, 4.69) is 107 Å². The van der Waals surface area contributed by atoms with Crippen molar-refractivity contribution in [2.45, 2.75) is 93.7 Å². The van der Waals surface area contributed by atoms with Crippen molar-refractivity contribution in [1.82, 2.24) is 0 Å². The number of hydrogen-bond donors (Lipinski definition) is 0. The van der Waals surface area contributed by atoms with E-state index in [0.29, 0.717) is 0 Å². The van der Waals surface area contributed by atoms with E-state index in [1.54, 1.807) is 10.4 Å². The summed E-state index contributed by atoms with van der Waals surface area (Å²) in [6.07, 6.45) is 4.17. The quantitative estimate of drug-likeness (QED) is 0.189. The van der Waals surface area contributed by atoms with Crippen LogP contribution in [0.5, 0.6) is 0 Å². The maximum absolute atomic E-state index is 4.89. The monoisotopic (exact) mass is 556 g/mol. The van der Waals surface area contributed by atoms with Gasteiger partial charge < -0.3 is 0 Å². The zero-order valence-corrected chi connectivity index (χ0v) is 28.3. The van der Waals surface area contributed by atoms with E-state index in [0.717, 1.165) is 0 Å². The van der Waals surface area contributed by atoms with Crippen LogP contribution in [-0.4, -0.2) is 16.1 Å². The van der Waals surface area contributed by atoms with E-state index in [1.807, 2.05) is 0 Å². The van der Waals surface area contributed by atoms with Crippen LogP contribution in [0.1, 0.15) is 44.5 Å².